The molecule has 1 unspecified atom stereocenters. The molecule has 1 fully saturated rings. The molecule has 0 saturated heterocycles. The highest BCUT2D eigenvalue weighted by Crippen LogP contribution is 2.73. The topological polar surface area (TPSA) is 59.2 Å². The molecule has 0 bridgehead atoms. The van der Waals surface area contributed by atoms with E-state index in [1.165, 1.54) is 0 Å². The van der Waals surface area contributed by atoms with Gasteiger partial charge in [-0.15, -0.1) is 0 Å². The predicted molar refractivity (Wildman–Crippen MR) is 59.9 cm³/mol. The van der Waals surface area contributed by atoms with Gasteiger partial charge < -0.3 is 9.63 Å². The maximum atomic E-state index is 9.62. The summed E-state index contributed by atoms with van der Waals surface area (Å²) in [5.41, 5.74) is 0.377. The SMILES string of the molecule is CCC(O)c1noc(C2C(C)(C)C2(C)C)n1. The molecule has 0 aromatic carbocycles. The second kappa shape index (κ2) is 3.29. The van der Waals surface area contributed by atoms with Crippen LogP contribution in [-0.4, -0.2) is 15.2 Å². The number of aliphatic hydroxyl groups excluding tert-OH is 1. The van der Waals surface area contributed by atoms with E-state index >= 15 is 0 Å². The third-order valence-corrected chi connectivity index (χ3v) is 4.41. The maximum absolute atomic E-state index is 9.62. The zero-order chi connectivity index (χ0) is 12.1. The quantitative estimate of drug-likeness (QED) is 0.857. The molecule has 0 aliphatic heterocycles. The third-order valence-electron chi connectivity index (χ3n) is 4.41. The number of hydrogen-bond acceptors (Lipinski definition) is 4. The molecule has 0 spiro atoms. The molecule has 0 amide bonds. The van der Waals surface area contributed by atoms with Crippen LogP contribution in [0.4, 0.5) is 0 Å². The standard InChI is InChI=1S/C12H20N2O2/c1-6-7(15)9-13-10(16-14-9)8-11(2,3)12(8,4)5/h7-8,15H,6H2,1-5H3. The maximum Gasteiger partial charge on any atom is 0.230 e. The van der Waals surface area contributed by atoms with Gasteiger partial charge >= 0.3 is 0 Å². The summed E-state index contributed by atoms with van der Waals surface area (Å²) in [6.45, 7) is 10.7. The summed E-state index contributed by atoms with van der Waals surface area (Å²) in [6.07, 6.45) is -0.00125. The van der Waals surface area contributed by atoms with Gasteiger partial charge in [0.2, 0.25) is 5.89 Å². The van der Waals surface area contributed by atoms with E-state index in [-0.39, 0.29) is 10.8 Å². The molecule has 1 heterocycles. The Labute approximate surface area is 96.1 Å². The van der Waals surface area contributed by atoms with Gasteiger partial charge in [-0.1, -0.05) is 39.8 Å². The Morgan fingerprint density at radius 1 is 1.31 bits per heavy atom. The molecule has 1 aromatic heterocycles. The lowest BCUT2D eigenvalue weighted by atomic mass is 10.0. The summed E-state index contributed by atoms with van der Waals surface area (Å²) in [7, 11) is 0. The van der Waals surface area contributed by atoms with Crippen LogP contribution in [-0.2, 0) is 0 Å². The predicted octanol–water partition coefficient (Wildman–Crippen LogP) is 2.66. The number of hydrogen-bond donors (Lipinski definition) is 1. The lowest BCUT2D eigenvalue weighted by molar-refractivity contribution is 0.159. The van der Waals surface area contributed by atoms with Crippen LogP contribution in [0.2, 0.25) is 0 Å². The van der Waals surface area contributed by atoms with Crippen molar-refractivity contribution in [2.75, 3.05) is 0 Å². The van der Waals surface area contributed by atoms with E-state index in [0.717, 1.165) is 0 Å². The van der Waals surface area contributed by atoms with Crippen LogP contribution in [0.5, 0.6) is 0 Å². The average molecular weight is 224 g/mol. The number of nitrogens with zero attached hydrogens (tertiary/aromatic N) is 2. The first-order valence-corrected chi connectivity index (χ1v) is 5.84. The zero-order valence-electron chi connectivity index (χ0n) is 10.6. The van der Waals surface area contributed by atoms with E-state index in [0.29, 0.717) is 24.1 Å². The van der Waals surface area contributed by atoms with Crippen molar-refractivity contribution in [1.29, 1.82) is 0 Å². The van der Waals surface area contributed by atoms with Crippen molar-refractivity contribution in [3.8, 4) is 0 Å². The number of rotatable bonds is 3. The summed E-state index contributed by atoms with van der Waals surface area (Å²) in [4.78, 5) is 4.31. The number of aromatic nitrogens is 2. The van der Waals surface area contributed by atoms with Crippen LogP contribution >= 0.6 is 0 Å². The van der Waals surface area contributed by atoms with Crippen LogP contribution in [0.3, 0.4) is 0 Å². The molecule has 0 radical (unpaired) electrons. The normalized spacial score (nSPS) is 24.4. The van der Waals surface area contributed by atoms with Crippen LogP contribution in [0.1, 0.15) is 64.8 Å². The highest BCUT2D eigenvalue weighted by molar-refractivity contribution is 5.25. The summed E-state index contributed by atoms with van der Waals surface area (Å²) in [5.74, 6) is 1.37. The monoisotopic (exact) mass is 224 g/mol. The van der Waals surface area contributed by atoms with Crippen molar-refractivity contribution in [1.82, 2.24) is 10.1 Å². The molecule has 16 heavy (non-hydrogen) atoms. The van der Waals surface area contributed by atoms with Gasteiger partial charge in [0.1, 0.15) is 6.10 Å². The molecule has 1 aliphatic rings. The van der Waals surface area contributed by atoms with Crippen LogP contribution in [0.15, 0.2) is 4.52 Å². The molecular formula is C12H20N2O2. The minimum absolute atomic E-state index is 0.188. The van der Waals surface area contributed by atoms with Crippen molar-refractivity contribution in [3.05, 3.63) is 11.7 Å². The third kappa shape index (κ3) is 1.39. The largest absolute Gasteiger partial charge is 0.385 e. The molecule has 1 saturated carbocycles. The summed E-state index contributed by atoms with van der Waals surface area (Å²) >= 11 is 0. The molecule has 4 nitrogen and oxygen atoms in total. The molecule has 1 atom stereocenters. The van der Waals surface area contributed by atoms with E-state index < -0.39 is 6.10 Å². The Bertz CT molecular complexity index is 381. The smallest absolute Gasteiger partial charge is 0.230 e. The van der Waals surface area contributed by atoms with Gasteiger partial charge in [0.25, 0.3) is 0 Å². The molecule has 4 heteroatoms. The van der Waals surface area contributed by atoms with Gasteiger partial charge in [-0.2, -0.15) is 4.98 Å². The van der Waals surface area contributed by atoms with E-state index in [9.17, 15) is 5.11 Å². The molecule has 1 aromatic rings. The van der Waals surface area contributed by atoms with Crippen molar-refractivity contribution in [2.45, 2.75) is 53.1 Å². The van der Waals surface area contributed by atoms with E-state index in [4.69, 9.17) is 4.52 Å². The van der Waals surface area contributed by atoms with Gasteiger partial charge in [-0.25, -0.2) is 0 Å². The fraction of sp³-hybridized carbons (Fsp3) is 0.833. The molecular weight excluding hydrogens is 204 g/mol. The van der Waals surface area contributed by atoms with E-state index in [1.807, 2.05) is 6.92 Å². The van der Waals surface area contributed by atoms with Crippen LogP contribution in [0.25, 0.3) is 0 Å². The lowest BCUT2D eigenvalue weighted by Gasteiger charge is -2.03. The summed E-state index contributed by atoms with van der Waals surface area (Å²) in [5, 5.41) is 13.5. The zero-order valence-corrected chi connectivity index (χ0v) is 10.6. The molecule has 1 N–H and O–H groups in total. The van der Waals surface area contributed by atoms with Crippen molar-refractivity contribution in [3.63, 3.8) is 0 Å². The van der Waals surface area contributed by atoms with Gasteiger partial charge in [0.05, 0.1) is 0 Å². The van der Waals surface area contributed by atoms with Crippen molar-refractivity contribution in [2.24, 2.45) is 10.8 Å². The first kappa shape index (κ1) is 11.6. The van der Waals surface area contributed by atoms with Gasteiger partial charge in [-0.05, 0) is 17.3 Å². The molecule has 90 valence electrons. The van der Waals surface area contributed by atoms with Crippen molar-refractivity contribution >= 4 is 0 Å². The first-order chi connectivity index (χ1) is 7.32. The van der Waals surface area contributed by atoms with Gasteiger partial charge in [-0.3, -0.25) is 0 Å². The van der Waals surface area contributed by atoms with Gasteiger partial charge in [0.15, 0.2) is 5.82 Å². The first-order valence-electron chi connectivity index (χ1n) is 5.84. The fourth-order valence-corrected chi connectivity index (χ4v) is 2.50. The molecule has 2 rings (SSSR count). The average Bonchev–Trinajstić information content (AvgIpc) is 2.60. The summed E-state index contributed by atoms with van der Waals surface area (Å²) < 4.78 is 5.26. The molecule has 1 aliphatic carbocycles. The Kier molecular flexibility index (Phi) is 2.38. The lowest BCUT2D eigenvalue weighted by Crippen LogP contribution is -1.98. The number of aliphatic hydroxyl groups is 1. The minimum Gasteiger partial charge on any atom is -0.385 e. The minimum atomic E-state index is -0.609. The van der Waals surface area contributed by atoms with Gasteiger partial charge in [0, 0.05) is 5.92 Å². The highest BCUT2D eigenvalue weighted by Gasteiger charge is 2.67. The Morgan fingerprint density at radius 3 is 2.31 bits per heavy atom. The second-order valence-corrected chi connectivity index (χ2v) is 5.79. The second-order valence-electron chi connectivity index (χ2n) is 5.79. The Hall–Kier alpha value is -0.900. The Morgan fingerprint density at radius 2 is 1.88 bits per heavy atom. The van der Waals surface area contributed by atoms with E-state index in [2.05, 4.69) is 37.8 Å². The highest BCUT2D eigenvalue weighted by atomic mass is 16.5. The Balaban J connectivity index is 2.22. The van der Waals surface area contributed by atoms with Crippen LogP contribution in [0, 0.1) is 10.8 Å². The summed E-state index contributed by atoms with van der Waals surface area (Å²) in [6, 6.07) is 0. The van der Waals surface area contributed by atoms with E-state index in [1.54, 1.807) is 0 Å². The van der Waals surface area contributed by atoms with Crippen molar-refractivity contribution < 1.29 is 9.63 Å². The fourth-order valence-electron chi connectivity index (χ4n) is 2.50. The van der Waals surface area contributed by atoms with Crippen LogP contribution < -0.4 is 0 Å².